The average molecular weight is 198 g/mol. The Hall–Kier alpha value is -1.98. The van der Waals surface area contributed by atoms with Gasteiger partial charge in [0.15, 0.2) is 11.6 Å². The Balaban J connectivity index is 3.53. The molecule has 0 aliphatic rings. The van der Waals surface area contributed by atoms with Crippen LogP contribution in [0.5, 0.6) is 0 Å². The van der Waals surface area contributed by atoms with Crippen LogP contribution in [0, 0.1) is 15.9 Å². The van der Waals surface area contributed by atoms with E-state index in [0.29, 0.717) is 0 Å². The summed E-state index contributed by atoms with van der Waals surface area (Å²) >= 11 is 0. The van der Waals surface area contributed by atoms with E-state index in [1.165, 1.54) is 0 Å². The van der Waals surface area contributed by atoms with Crippen molar-refractivity contribution in [1.29, 1.82) is 0 Å². The first-order chi connectivity index (χ1) is 6.45. The summed E-state index contributed by atoms with van der Waals surface area (Å²) in [6.07, 6.45) is 0. The van der Waals surface area contributed by atoms with Gasteiger partial charge in [-0.15, -0.1) is 0 Å². The number of hydrogen-bond acceptors (Lipinski definition) is 4. The van der Waals surface area contributed by atoms with Crippen LogP contribution in [0.4, 0.5) is 15.8 Å². The summed E-state index contributed by atoms with van der Waals surface area (Å²) < 4.78 is 13.2. The molecule has 0 radical (unpaired) electrons. The third-order valence-corrected chi connectivity index (χ3v) is 1.70. The van der Waals surface area contributed by atoms with E-state index in [0.717, 1.165) is 19.1 Å². The van der Waals surface area contributed by atoms with Crippen LogP contribution < -0.4 is 5.73 Å². The second-order valence-electron chi connectivity index (χ2n) is 2.68. The molecule has 0 heterocycles. The van der Waals surface area contributed by atoms with Crippen LogP contribution in [0.25, 0.3) is 0 Å². The number of benzene rings is 1. The Bertz CT molecular complexity index is 417. The number of carbonyl (C=O) groups is 1. The lowest BCUT2D eigenvalue weighted by Gasteiger charge is -2.02. The van der Waals surface area contributed by atoms with Crippen molar-refractivity contribution >= 4 is 17.2 Å². The van der Waals surface area contributed by atoms with Gasteiger partial charge >= 0.3 is 0 Å². The van der Waals surface area contributed by atoms with Gasteiger partial charge in [-0.05, 0) is 13.0 Å². The Morgan fingerprint density at radius 3 is 2.57 bits per heavy atom. The van der Waals surface area contributed by atoms with Crippen LogP contribution >= 0.6 is 0 Å². The molecule has 5 nitrogen and oxygen atoms in total. The van der Waals surface area contributed by atoms with Crippen LogP contribution in [-0.4, -0.2) is 10.7 Å². The van der Waals surface area contributed by atoms with E-state index in [9.17, 15) is 19.3 Å². The lowest BCUT2D eigenvalue weighted by Crippen LogP contribution is -2.06. The zero-order chi connectivity index (χ0) is 10.9. The number of nitrogen functional groups attached to an aromatic ring is 1. The predicted molar refractivity (Wildman–Crippen MR) is 47.5 cm³/mol. The maximum Gasteiger partial charge on any atom is 0.283 e. The summed E-state index contributed by atoms with van der Waals surface area (Å²) in [6.45, 7) is 1.05. The molecule has 1 rings (SSSR count). The standard InChI is InChI=1S/C8H7FN2O3/c1-4(12)7-6(11(13)14)3-2-5(10)8(7)9/h2-3H,10H2,1H3. The van der Waals surface area contributed by atoms with E-state index in [2.05, 4.69) is 0 Å². The lowest BCUT2D eigenvalue weighted by atomic mass is 10.1. The molecule has 0 amide bonds. The van der Waals surface area contributed by atoms with E-state index < -0.39 is 27.8 Å². The molecular formula is C8H7FN2O3. The molecule has 0 aliphatic heterocycles. The molecule has 0 bridgehead atoms. The largest absolute Gasteiger partial charge is 0.396 e. The molecular weight excluding hydrogens is 191 g/mol. The number of nitrogens with zero attached hydrogens (tertiary/aromatic N) is 1. The van der Waals surface area contributed by atoms with E-state index in [4.69, 9.17) is 5.73 Å². The van der Waals surface area contributed by atoms with Gasteiger partial charge in [0.05, 0.1) is 10.6 Å². The first kappa shape index (κ1) is 10.1. The van der Waals surface area contributed by atoms with E-state index in [1.54, 1.807) is 0 Å². The molecule has 0 aromatic heterocycles. The number of halogens is 1. The minimum atomic E-state index is -1.04. The molecule has 0 saturated carbocycles. The molecule has 0 unspecified atom stereocenters. The molecule has 0 fully saturated rings. The van der Waals surface area contributed by atoms with Gasteiger partial charge in [0.2, 0.25) is 0 Å². The van der Waals surface area contributed by atoms with Crippen molar-refractivity contribution in [2.75, 3.05) is 5.73 Å². The van der Waals surface area contributed by atoms with Crippen molar-refractivity contribution in [2.24, 2.45) is 0 Å². The van der Waals surface area contributed by atoms with Gasteiger partial charge in [0.1, 0.15) is 5.56 Å². The quantitative estimate of drug-likeness (QED) is 0.338. The van der Waals surface area contributed by atoms with Crippen LogP contribution in [0.15, 0.2) is 12.1 Å². The van der Waals surface area contributed by atoms with Gasteiger partial charge in [-0.3, -0.25) is 14.9 Å². The maximum absolute atomic E-state index is 13.2. The summed E-state index contributed by atoms with van der Waals surface area (Å²) in [7, 11) is 0. The number of Topliss-reactive ketones (excluding diaryl/α,β-unsaturated/α-hetero) is 1. The van der Waals surface area contributed by atoms with Crippen molar-refractivity contribution in [1.82, 2.24) is 0 Å². The predicted octanol–water partition coefficient (Wildman–Crippen LogP) is 1.52. The van der Waals surface area contributed by atoms with Gasteiger partial charge in [-0.2, -0.15) is 0 Å². The summed E-state index contributed by atoms with van der Waals surface area (Å²) in [6, 6.07) is 2.06. The van der Waals surface area contributed by atoms with Crippen LogP contribution in [0.1, 0.15) is 17.3 Å². The summed E-state index contributed by atoms with van der Waals surface area (Å²) in [5, 5.41) is 10.4. The van der Waals surface area contributed by atoms with Gasteiger partial charge in [-0.1, -0.05) is 0 Å². The zero-order valence-corrected chi connectivity index (χ0v) is 7.28. The number of hydrogen-bond donors (Lipinski definition) is 1. The molecule has 0 aliphatic carbocycles. The molecule has 0 saturated heterocycles. The molecule has 1 aromatic rings. The Morgan fingerprint density at radius 1 is 1.57 bits per heavy atom. The molecule has 2 N–H and O–H groups in total. The Labute approximate surface area is 78.5 Å². The Morgan fingerprint density at radius 2 is 2.14 bits per heavy atom. The van der Waals surface area contributed by atoms with Gasteiger partial charge < -0.3 is 5.73 Å². The fraction of sp³-hybridized carbons (Fsp3) is 0.125. The van der Waals surface area contributed by atoms with Crippen LogP contribution in [0.2, 0.25) is 0 Å². The topological polar surface area (TPSA) is 86.2 Å². The highest BCUT2D eigenvalue weighted by Crippen LogP contribution is 2.25. The molecule has 74 valence electrons. The molecule has 0 spiro atoms. The molecule has 1 aromatic carbocycles. The number of nitro groups is 1. The third-order valence-electron chi connectivity index (χ3n) is 1.70. The fourth-order valence-electron chi connectivity index (χ4n) is 1.07. The van der Waals surface area contributed by atoms with E-state index in [-0.39, 0.29) is 5.69 Å². The Kier molecular flexibility index (Phi) is 2.46. The van der Waals surface area contributed by atoms with Crippen molar-refractivity contribution in [3.05, 3.63) is 33.6 Å². The number of carbonyl (C=O) groups excluding carboxylic acids is 1. The second-order valence-corrected chi connectivity index (χ2v) is 2.68. The van der Waals surface area contributed by atoms with E-state index in [1.807, 2.05) is 0 Å². The van der Waals surface area contributed by atoms with Crippen LogP contribution in [-0.2, 0) is 0 Å². The minimum absolute atomic E-state index is 0.277. The number of rotatable bonds is 2. The first-order valence-electron chi connectivity index (χ1n) is 3.68. The highest BCUT2D eigenvalue weighted by atomic mass is 19.1. The van der Waals surface area contributed by atoms with Crippen molar-refractivity contribution < 1.29 is 14.1 Å². The number of anilines is 1. The van der Waals surface area contributed by atoms with Crippen molar-refractivity contribution in [2.45, 2.75) is 6.92 Å². The average Bonchev–Trinajstić information content (AvgIpc) is 2.08. The summed E-state index contributed by atoms with van der Waals surface area (Å²) in [5.74, 6) is -1.76. The van der Waals surface area contributed by atoms with Gasteiger partial charge in [0.25, 0.3) is 5.69 Å². The van der Waals surface area contributed by atoms with Gasteiger partial charge in [0, 0.05) is 6.07 Å². The smallest absolute Gasteiger partial charge is 0.283 e. The minimum Gasteiger partial charge on any atom is -0.396 e. The van der Waals surface area contributed by atoms with Gasteiger partial charge in [-0.25, -0.2) is 4.39 Å². The van der Waals surface area contributed by atoms with Crippen molar-refractivity contribution in [3.63, 3.8) is 0 Å². The molecule has 0 atom stereocenters. The summed E-state index contributed by atoms with van der Waals surface area (Å²) in [5.41, 5.74) is 3.76. The fourth-order valence-corrected chi connectivity index (χ4v) is 1.07. The first-order valence-corrected chi connectivity index (χ1v) is 3.68. The normalized spacial score (nSPS) is 9.86. The van der Waals surface area contributed by atoms with Crippen LogP contribution in [0.3, 0.4) is 0 Å². The number of nitro benzene ring substituents is 1. The molecule has 6 heteroatoms. The third kappa shape index (κ3) is 1.54. The maximum atomic E-state index is 13.2. The molecule has 14 heavy (non-hydrogen) atoms. The highest BCUT2D eigenvalue weighted by Gasteiger charge is 2.23. The van der Waals surface area contributed by atoms with E-state index >= 15 is 0 Å². The monoisotopic (exact) mass is 198 g/mol. The number of ketones is 1. The second kappa shape index (κ2) is 3.41. The zero-order valence-electron chi connectivity index (χ0n) is 7.28. The highest BCUT2D eigenvalue weighted by molar-refractivity contribution is 5.99. The summed E-state index contributed by atoms with van der Waals surface area (Å²) in [4.78, 5) is 20.6. The lowest BCUT2D eigenvalue weighted by molar-refractivity contribution is -0.385. The SMILES string of the molecule is CC(=O)c1c([N+](=O)[O-])ccc(N)c1F. The number of nitrogens with two attached hydrogens (primary N) is 1. The van der Waals surface area contributed by atoms with Crippen molar-refractivity contribution in [3.8, 4) is 0 Å².